The van der Waals surface area contributed by atoms with Crippen LogP contribution in [-0.2, 0) is 0 Å². The third kappa shape index (κ3) is 1.24. The number of aromatic hydroxyl groups is 1. The van der Waals surface area contributed by atoms with Gasteiger partial charge in [-0.25, -0.2) is 0 Å². The van der Waals surface area contributed by atoms with Crippen molar-refractivity contribution in [3.63, 3.8) is 0 Å². The van der Waals surface area contributed by atoms with Crippen molar-refractivity contribution < 1.29 is 5.11 Å². The summed E-state index contributed by atoms with van der Waals surface area (Å²) in [5.41, 5.74) is 1.90. The average Bonchev–Trinajstić information content (AvgIpc) is 2.07. The number of nitrogens with zero attached hydrogens (tertiary/aromatic N) is 1. The van der Waals surface area contributed by atoms with Gasteiger partial charge in [0, 0.05) is 22.2 Å². The molecule has 1 aromatic heterocycles. The number of hydrogen-bond acceptors (Lipinski definition) is 2. The molecule has 1 N–H and O–H groups in total. The molecule has 0 radical (unpaired) electrons. The summed E-state index contributed by atoms with van der Waals surface area (Å²) in [5, 5.41) is 11.5. The maximum atomic E-state index is 9.59. The van der Waals surface area contributed by atoms with Gasteiger partial charge in [-0.15, -0.1) is 0 Å². The zero-order valence-electron chi connectivity index (χ0n) is 7.70. The van der Waals surface area contributed by atoms with Gasteiger partial charge in [0.25, 0.3) is 0 Å². The Morgan fingerprint density at radius 2 is 1.92 bits per heavy atom. The minimum atomic E-state index is 0.325. The standard InChI is InChI=1S/C11H11NO/c1-7-6-10-9(8(2)12-7)4-3-5-11(10)13/h3-6,13H,1-2H3. The molecular weight excluding hydrogens is 162 g/mol. The van der Waals surface area contributed by atoms with Gasteiger partial charge in [-0.1, -0.05) is 12.1 Å². The molecule has 0 atom stereocenters. The van der Waals surface area contributed by atoms with Crippen molar-refractivity contribution in [1.29, 1.82) is 0 Å². The lowest BCUT2D eigenvalue weighted by molar-refractivity contribution is 0.481. The highest BCUT2D eigenvalue weighted by Gasteiger charge is 2.02. The van der Waals surface area contributed by atoms with Crippen molar-refractivity contribution in [2.45, 2.75) is 13.8 Å². The van der Waals surface area contributed by atoms with Gasteiger partial charge in [-0.2, -0.15) is 0 Å². The Kier molecular flexibility index (Phi) is 1.69. The quantitative estimate of drug-likeness (QED) is 0.664. The topological polar surface area (TPSA) is 33.1 Å². The van der Waals surface area contributed by atoms with Crippen LogP contribution in [-0.4, -0.2) is 10.1 Å². The fraction of sp³-hybridized carbons (Fsp3) is 0.182. The first-order chi connectivity index (χ1) is 6.18. The molecule has 0 fully saturated rings. The van der Waals surface area contributed by atoms with E-state index in [2.05, 4.69) is 4.98 Å². The van der Waals surface area contributed by atoms with Gasteiger partial charge in [0.1, 0.15) is 5.75 Å². The molecule has 0 bridgehead atoms. The van der Waals surface area contributed by atoms with Crippen LogP contribution in [0.4, 0.5) is 0 Å². The van der Waals surface area contributed by atoms with E-state index in [1.807, 2.05) is 32.0 Å². The molecule has 13 heavy (non-hydrogen) atoms. The summed E-state index contributed by atoms with van der Waals surface area (Å²) in [4.78, 5) is 4.33. The first kappa shape index (κ1) is 8.05. The number of aryl methyl sites for hydroxylation is 2. The summed E-state index contributed by atoms with van der Waals surface area (Å²) in [5.74, 6) is 0.325. The molecule has 66 valence electrons. The highest BCUT2D eigenvalue weighted by Crippen LogP contribution is 2.26. The number of fused-ring (bicyclic) bond motifs is 1. The smallest absolute Gasteiger partial charge is 0.123 e. The van der Waals surface area contributed by atoms with E-state index in [0.717, 1.165) is 22.2 Å². The second-order valence-electron chi connectivity index (χ2n) is 3.22. The van der Waals surface area contributed by atoms with Gasteiger partial charge in [0.15, 0.2) is 0 Å². The number of benzene rings is 1. The summed E-state index contributed by atoms with van der Waals surface area (Å²) in [6, 6.07) is 7.40. The van der Waals surface area contributed by atoms with Crippen LogP contribution in [0, 0.1) is 13.8 Å². The van der Waals surface area contributed by atoms with Crippen molar-refractivity contribution >= 4 is 10.8 Å². The lowest BCUT2D eigenvalue weighted by Crippen LogP contribution is -1.87. The predicted octanol–water partition coefficient (Wildman–Crippen LogP) is 2.56. The predicted molar refractivity (Wildman–Crippen MR) is 52.9 cm³/mol. The minimum absolute atomic E-state index is 0.325. The van der Waals surface area contributed by atoms with E-state index in [0.29, 0.717) is 5.75 Å². The van der Waals surface area contributed by atoms with Gasteiger partial charge in [0.2, 0.25) is 0 Å². The van der Waals surface area contributed by atoms with Crippen molar-refractivity contribution in [1.82, 2.24) is 4.98 Å². The Bertz CT molecular complexity index is 463. The fourth-order valence-corrected chi connectivity index (χ4v) is 1.59. The second-order valence-corrected chi connectivity index (χ2v) is 3.22. The molecule has 0 saturated heterocycles. The Labute approximate surface area is 76.9 Å². The van der Waals surface area contributed by atoms with Gasteiger partial charge < -0.3 is 5.11 Å². The molecule has 0 unspecified atom stereocenters. The Balaban J connectivity index is 2.94. The fourth-order valence-electron chi connectivity index (χ4n) is 1.59. The Morgan fingerprint density at radius 1 is 1.15 bits per heavy atom. The number of phenols is 1. The number of pyridine rings is 1. The van der Waals surface area contributed by atoms with Crippen LogP contribution < -0.4 is 0 Å². The van der Waals surface area contributed by atoms with Crippen LogP contribution in [0.1, 0.15) is 11.4 Å². The zero-order valence-corrected chi connectivity index (χ0v) is 7.70. The molecule has 2 nitrogen and oxygen atoms in total. The second kappa shape index (κ2) is 2.73. The van der Waals surface area contributed by atoms with Crippen LogP contribution in [0.25, 0.3) is 10.8 Å². The Hall–Kier alpha value is -1.57. The van der Waals surface area contributed by atoms with Gasteiger partial charge >= 0.3 is 0 Å². The summed E-state index contributed by atoms with van der Waals surface area (Å²) in [6.07, 6.45) is 0. The number of hydrogen-bond donors (Lipinski definition) is 1. The summed E-state index contributed by atoms with van der Waals surface area (Å²) in [6.45, 7) is 3.88. The molecule has 1 aromatic carbocycles. The molecule has 0 spiro atoms. The van der Waals surface area contributed by atoms with Crippen LogP contribution in [0.2, 0.25) is 0 Å². The van der Waals surface area contributed by atoms with E-state index in [1.54, 1.807) is 6.07 Å². The molecule has 1 heterocycles. The molecule has 0 amide bonds. The van der Waals surface area contributed by atoms with E-state index in [1.165, 1.54) is 0 Å². The first-order valence-electron chi connectivity index (χ1n) is 4.24. The summed E-state index contributed by atoms with van der Waals surface area (Å²) >= 11 is 0. The molecule has 0 aliphatic rings. The van der Waals surface area contributed by atoms with Gasteiger partial charge in [-0.05, 0) is 26.0 Å². The molecule has 0 aliphatic heterocycles. The third-order valence-corrected chi connectivity index (χ3v) is 2.17. The van der Waals surface area contributed by atoms with Crippen molar-refractivity contribution in [2.75, 3.05) is 0 Å². The number of phenolic OH excluding ortho intramolecular Hbond substituents is 1. The lowest BCUT2D eigenvalue weighted by atomic mass is 10.1. The molecule has 0 aliphatic carbocycles. The lowest BCUT2D eigenvalue weighted by Gasteiger charge is -2.04. The molecule has 2 rings (SSSR count). The van der Waals surface area contributed by atoms with Gasteiger partial charge in [-0.3, -0.25) is 4.98 Å². The van der Waals surface area contributed by atoms with Gasteiger partial charge in [0.05, 0.1) is 0 Å². The maximum Gasteiger partial charge on any atom is 0.123 e. The number of rotatable bonds is 0. The van der Waals surface area contributed by atoms with Crippen LogP contribution in [0.15, 0.2) is 24.3 Å². The highest BCUT2D eigenvalue weighted by atomic mass is 16.3. The SMILES string of the molecule is Cc1cc2c(O)cccc2c(C)n1. The Morgan fingerprint density at radius 3 is 2.69 bits per heavy atom. The molecule has 2 aromatic rings. The van der Waals surface area contributed by atoms with E-state index in [-0.39, 0.29) is 0 Å². The van der Waals surface area contributed by atoms with E-state index >= 15 is 0 Å². The first-order valence-corrected chi connectivity index (χ1v) is 4.24. The summed E-state index contributed by atoms with van der Waals surface area (Å²) < 4.78 is 0. The van der Waals surface area contributed by atoms with E-state index < -0.39 is 0 Å². The largest absolute Gasteiger partial charge is 0.507 e. The van der Waals surface area contributed by atoms with Crippen LogP contribution in [0.5, 0.6) is 5.75 Å². The average molecular weight is 173 g/mol. The van der Waals surface area contributed by atoms with Crippen molar-refractivity contribution in [3.8, 4) is 5.75 Å². The van der Waals surface area contributed by atoms with Crippen LogP contribution in [0.3, 0.4) is 0 Å². The minimum Gasteiger partial charge on any atom is -0.507 e. The molecule has 2 heteroatoms. The maximum absolute atomic E-state index is 9.59. The zero-order chi connectivity index (χ0) is 9.42. The monoisotopic (exact) mass is 173 g/mol. The normalized spacial score (nSPS) is 10.6. The summed E-state index contributed by atoms with van der Waals surface area (Å²) in [7, 11) is 0. The highest BCUT2D eigenvalue weighted by molar-refractivity contribution is 5.89. The molecule has 0 saturated carbocycles. The van der Waals surface area contributed by atoms with E-state index in [4.69, 9.17) is 0 Å². The van der Waals surface area contributed by atoms with Crippen LogP contribution >= 0.6 is 0 Å². The molecular formula is C11H11NO. The van der Waals surface area contributed by atoms with Crippen molar-refractivity contribution in [2.24, 2.45) is 0 Å². The van der Waals surface area contributed by atoms with Crippen molar-refractivity contribution in [3.05, 3.63) is 35.7 Å². The number of aromatic nitrogens is 1. The van der Waals surface area contributed by atoms with E-state index in [9.17, 15) is 5.11 Å². The third-order valence-electron chi connectivity index (χ3n) is 2.17.